The second-order valence-electron chi connectivity index (χ2n) is 20.6. The highest BCUT2D eigenvalue weighted by molar-refractivity contribution is 6.41. The van der Waals surface area contributed by atoms with Crippen molar-refractivity contribution in [2.45, 2.75) is 142 Å². The lowest BCUT2D eigenvalue weighted by molar-refractivity contribution is -0.137. The average Bonchev–Trinajstić information content (AvgIpc) is 3.52. The van der Waals surface area contributed by atoms with E-state index in [0.717, 1.165) is 25.7 Å². The third-order valence-corrected chi connectivity index (χ3v) is 15.6. The summed E-state index contributed by atoms with van der Waals surface area (Å²) in [6.45, 7) is 25.7. The SMILES string of the molecule is C=C(C)c1cc(C(C)C)cc(C2C3CCCCC3C(c3cc(C(C)(C)C)cc(C(C)(C)C)c3)C3C4CCC5C(=O)C(=O)C6CCC(C4C65)C23)c1. The van der Waals surface area contributed by atoms with E-state index in [4.69, 9.17) is 0 Å². The molecule has 0 N–H and O–H groups in total. The zero-order valence-electron chi connectivity index (χ0n) is 32.7. The van der Waals surface area contributed by atoms with Crippen molar-refractivity contribution in [1.29, 1.82) is 0 Å². The maximum absolute atomic E-state index is 13.5. The van der Waals surface area contributed by atoms with E-state index in [9.17, 15) is 9.59 Å². The molecule has 12 unspecified atom stereocenters. The highest BCUT2D eigenvalue weighted by Crippen LogP contribution is 2.73. The summed E-state index contributed by atoms with van der Waals surface area (Å²) in [7, 11) is 0. The minimum Gasteiger partial charge on any atom is -0.291 e. The molecule has 6 aliphatic rings. The molecule has 2 aromatic rings. The monoisotopic (exact) mass is 672 g/mol. The number of allylic oxidation sites excluding steroid dienone is 1. The lowest BCUT2D eigenvalue weighted by Gasteiger charge is -2.55. The van der Waals surface area contributed by atoms with Crippen molar-refractivity contribution < 1.29 is 9.59 Å². The van der Waals surface area contributed by atoms with Gasteiger partial charge < -0.3 is 0 Å². The maximum Gasteiger partial charge on any atom is 0.202 e. The molecule has 6 saturated carbocycles. The number of benzene rings is 2. The molecular formula is C48H64O2. The number of carbonyl (C=O) groups excluding carboxylic acids is 2. The van der Waals surface area contributed by atoms with Crippen LogP contribution < -0.4 is 0 Å². The van der Waals surface area contributed by atoms with E-state index in [1.165, 1.54) is 53.5 Å². The lowest BCUT2D eigenvalue weighted by atomic mass is 9.49. The Morgan fingerprint density at radius 1 is 0.600 bits per heavy atom. The molecule has 2 nitrogen and oxygen atoms in total. The summed E-state index contributed by atoms with van der Waals surface area (Å²) in [4.78, 5) is 27.0. The molecule has 2 heteroatoms. The maximum atomic E-state index is 13.5. The molecule has 2 aromatic carbocycles. The Morgan fingerprint density at radius 3 is 1.52 bits per heavy atom. The minimum absolute atomic E-state index is 0.000765. The first kappa shape index (κ1) is 34.6. The summed E-state index contributed by atoms with van der Waals surface area (Å²) in [6.07, 6.45) is 9.45. The number of ketones is 2. The van der Waals surface area contributed by atoms with Crippen LogP contribution in [0.2, 0.25) is 0 Å². The van der Waals surface area contributed by atoms with Crippen LogP contribution in [0.4, 0.5) is 0 Å². The minimum atomic E-state index is -0.00752. The van der Waals surface area contributed by atoms with Crippen molar-refractivity contribution in [3.8, 4) is 0 Å². The molecule has 0 saturated heterocycles. The molecule has 0 radical (unpaired) electrons. The third-order valence-electron chi connectivity index (χ3n) is 15.6. The molecule has 8 rings (SSSR count). The zero-order chi connectivity index (χ0) is 35.6. The second-order valence-corrected chi connectivity index (χ2v) is 20.6. The number of fused-ring (bicyclic) bond motifs is 4. The van der Waals surface area contributed by atoms with Crippen molar-refractivity contribution in [1.82, 2.24) is 0 Å². The number of rotatable bonds is 4. The van der Waals surface area contributed by atoms with Gasteiger partial charge in [0, 0.05) is 11.8 Å². The highest BCUT2D eigenvalue weighted by Gasteiger charge is 2.69. The molecular weight excluding hydrogens is 609 g/mol. The predicted molar refractivity (Wildman–Crippen MR) is 206 cm³/mol. The van der Waals surface area contributed by atoms with Gasteiger partial charge in [-0.05, 0) is 155 Å². The van der Waals surface area contributed by atoms with Gasteiger partial charge in [-0.1, -0.05) is 117 Å². The molecule has 0 aromatic heterocycles. The first-order valence-corrected chi connectivity index (χ1v) is 20.6. The Morgan fingerprint density at radius 2 is 1.08 bits per heavy atom. The van der Waals surface area contributed by atoms with Gasteiger partial charge in [0.1, 0.15) is 0 Å². The number of carbonyl (C=O) groups is 2. The summed E-state index contributed by atoms with van der Waals surface area (Å²) in [5, 5.41) is 0. The summed E-state index contributed by atoms with van der Waals surface area (Å²) in [5.41, 5.74) is 10.2. The zero-order valence-corrected chi connectivity index (χ0v) is 32.7. The van der Waals surface area contributed by atoms with Crippen LogP contribution in [0, 0.1) is 59.2 Å². The fraction of sp³-hybridized carbons (Fsp3) is 0.667. The van der Waals surface area contributed by atoms with Gasteiger partial charge in [-0.2, -0.15) is 0 Å². The third kappa shape index (κ3) is 5.30. The van der Waals surface area contributed by atoms with E-state index in [0.29, 0.717) is 65.1 Å². The molecule has 6 fully saturated rings. The van der Waals surface area contributed by atoms with Crippen molar-refractivity contribution in [3.05, 3.63) is 76.4 Å². The van der Waals surface area contributed by atoms with Gasteiger partial charge in [0.05, 0.1) is 0 Å². The van der Waals surface area contributed by atoms with Crippen molar-refractivity contribution in [2.24, 2.45) is 59.2 Å². The first-order chi connectivity index (χ1) is 23.6. The van der Waals surface area contributed by atoms with Crippen LogP contribution in [0.5, 0.6) is 0 Å². The Bertz CT molecular complexity index is 1660. The number of Topliss-reactive ketones (excluding diaryl/α,β-unsaturated/α-hetero) is 2. The Balaban J connectivity index is 1.36. The predicted octanol–water partition coefficient (Wildman–Crippen LogP) is 11.8. The molecule has 12 atom stereocenters. The second kappa shape index (κ2) is 12.0. The van der Waals surface area contributed by atoms with Gasteiger partial charge in [0.2, 0.25) is 11.6 Å². The standard InChI is InChI=1S/C48H64O2/c1-25(2)27-19-28(26(3)4)21-29(20-27)39-33-13-11-12-14-34(33)40(30-22-31(47(5,6)7)24-32(23-30)48(8,9)10)44-36-16-18-38-42-37(45(49)46(38)50)17-15-35(41(36)42)43(39)44/h19-24,26,33-44H,1,11-18H2,2-10H3. The quantitative estimate of drug-likeness (QED) is 0.303. The smallest absolute Gasteiger partial charge is 0.202 e. The highest BCUT2D eigenvalue weighted by atomic mass is 16.2. The van der Waals surface area contributed by atoms with Crippen LogP contribution in [0.1, 0.15) is 165 Å². The van der Waals surface area contributed by atoms with E-state index in [1.807, 2.05) is 0 Å². The van der Waals surface area contributed by atoms with E-state index in [2.05, 4.69) is 105 Å². The summed E-state index contributed by atoms with van der Waals surface area (Å²) in [5.74, 6) is 6.05. The summed E-state index contributed by atoms with van der Waals surface area (Å²) < 4.78 is 0. The van der Waals surface area contributed by atoms with Crippen LogP contribution in [0.25, 0.3) is 5.57 Å². The van der Waals surface area contributed by atoms with Crippen LogP contribution in [-0.4, -0.2) is 11.6 Å². The largest absolute Gasteiger partial charge is 0.291 e. The Kier molecular flexibility index (Phi) is 8.32. The van der Waals surface area contributed by atoms with Gasteiger partial charge in [-0.25, -0.2) is 0 Å². The van der Waals surface area contributed by atoms with Crippen LogP contribution in [-0.2, 0) is 20.4 Å². The normalized spacial score (nSPS) is 37.8. The molecule has 6 aliphatic carbocycles. The van der Waals surface area contributed by atoms with Crippen LogP contribution >= 0.6 is 0 Å². The van der Waals surface area contributed by atoms with Gasteiger partial charge in [-0.3, -0.25) is 9.59 Å². The molecule has 0 bridgehead atoms. The topological polar surface area (TPSA) is 34.1 Å². The lowest BCUT2D eigenvalue weighted by Crippen LogP contribution is -2.46. The van der Waals surface area contributed by atoms with Crippen molar-refractivity contribution >= 4 is 17.1 Å². The average molecular weight is 673 g/mol. The molecule has 268 valence electrons. The van der Waals surface area contributed by atoms with E-state index in [-0.39, 0.29) is 34.2 Å². The van der Waals surface area contributed by atoms with Gasteiger partial charge in [0.15, 0.2) is 0 Å². The van der Waals surface area contributed by atoms with Crippen LogP contribution in [0.3, 0.4) is 0 Å². The van der Waals surface area contributed by atoms with Gasteiger partial charge >= 0.3 is 0 Å². The van der Waals surface area contributed by atoms with Crippen LogP contribution in [0.15, 0.2) is 43.0 Å². The Labute approximate surface area is 303 Å². The molecule has 0 spiro atoms. The molecule has 0 aliphatic heterocycles. The van der Waals surface area contributed by atoms with Crippen molar-refractivity contribution in [2.75, 3.05) is 0 Å². The van der Waals surface area contributed by atoms with Crippen molar-refractivity contribution in [3.63, 3.8) is 0 Å². The summed E-state index contributed by atoms with van der Waals surface area (Å²) in [6, 6.07) is 15.4. The van der Waals surface area contributed by atoms with E-state index >= 15 is 0 Å². The molecule has 50 heavy (non-hydrogen) atoms. The fourth-order valence-electron chi connectivity index (χ4n) is 13.4. The summed E-state index contributed by atoms with van der Waals surface area (Å²) >= 11 is 0. The molecule has 0 amide bonds. The van der Waals surface area contributed by atoms with E-state index < -0.39 is 0 Å². The first-order valence-electron chi connectivity index (χ1n) is 20.6. The number of hydrogen-bond acceptors (Lipinski definition) is 2. The molecule has 0 heterocycles. The van der Waals surface area contributed by atoms with Gasteiger partial charge in [-0.15, -0.1) is 0 Å². The fourth-order valence-corrected chi connectivity index (χ4v) is 13.4. The Hall–Kier alpha value is -2.48. The van der Waals surface area contributed by atoms with Gasteiger partial charge in [0.25, 0.3) is 0 Å². The number of hydrogen-bond donors (Lipinski definition) is 0. The van der Waals surface area contributed by atoms with E-state index in [1.54, 1.807) is 11.1 Å².